The lowest BCUT2D eigenvalue weighted by Crippen LogP contribution is -2.11. The van der Waals surface area contributed by atoms with Crippen LogP contribution in [0.2, 0.25) is 10.0 Å². The molecule has 2 aromatic rings. The van der Waals surface area contributed by atoms with Crippen molar-refractivity contribution in [3.05, 3.63) is 46.6 Å². The number of ether oxygens (including phenoxy) is 1. The molecule has 0 saturated carbocycles. The van der Waals surface area contributed by atoms with E-state index in [1.165, 1.54) is 12.3 Å². The number of carbonyl (C=O) groups excluding carboxylic acids is 1. The summed E-state index contributed by atoms with van der Waals surface area (Å²) in [4.78, 5) is 15.5. The van der Waals surface area contributed by atoms with Crippen molar-refractivity contribution in [2.75, 3.05) is 5.32 Å². The molecule has 1 heterocycles. The number of hydrogen-bond donors (Lipinski definition) is 1. The maximum atomic E-state index is 11.5. The van der Waals surface area contributed by atoms with Gasteiger partial charge in [-0.05, 0) is 30.3 Å². The number of hydrogen-bond acceptors (Lipinski definition) is 4. The molecule has 1 aromatic heterocycles. The van der Waals surface area contributed by atoms with Gasteiger partial charge < -0.3 is 10.1 Å². The first-order chi connectivity index (χ1) is 10.1. The Labute approximate surface area is 131 Å². The second-order valence-electron chi connectivity index (χ2n) is 3.92. The summed E-state index contributed by atoms with van der Waals surface area (Å²) in [6.07, 6.45) is 1.26. The molecule has 1 aromatic carbocycles. The fourth-order valence-electron chi connectivity index (χ4n) is 1.50. The molecule has 5 nitrogen and oxygen atoms in total. The summed E-state index contributed by atoms with van der Waals surface area (Å²) in [6, 6.07) is 9.77. The Morgan fingerprint density at radius 1 is 1.38 bits per heavy atom. The lowest BCUT2D eigenvalue weighted by molar-refractivity contribution is -0.115. The first-order valence-electron chi connectivity index (χ1n) is 5.85. The standard InChI is InChI=1S/C14H9Cl2N3O2/c15-9-3-4-12(10(16)8-9)21-14-11(2-1-7-18-14)19-13(20)5-6-17/h1-4,7-8H,5H2,(H,19,20). The Morgan fingerprint density at radius 3 is 2.90 bits per heavy atom. The van der Waals surface area contributed by atoms with Gasteiger partial charge in [-0.15, -0.1) is 0 Å². The highest BCUT2D eigenvalue weighted by atomic mass is 35.5. The summed E-state index contributed by atoms with van der Waals surface area (Å²) in [7, 11) is 0. The van der Waals surface area contributed by atoms with Crippen molar-refractivity contribution < 1.29 is 9.53 Å². The predicted octanol–water partition coefficient (Wildman–Crippen LogP) is 4.03. The van der Waals surface area contributed by atoms with E-state index in [0.29, 0.717) is 21.5 Å². The topological polar surface area (TPSA) is 75.0 Å². The van der Waals surface area contributed by atoms with Gasteiger partial charge in [-0.3, -0.25) is 4.79 Å². The first-order valence-corrected chi connectivity index (χ1v) is 6.60. The number of aromatic nitrogens is 1. The molecule has 0 radical (unpaired) electrons. The highest BCUT2D eigenvalue weighted by Crippen LogP contribution is 2.33. The van der Waals surface area contributed by atoms with Crippen molar-refractivity contribution >= 4 is 34.8 Å². The molecule has 0 unspecified atom stereocenters. The molecule has 0 fully saturated rings. The molecule has 0 aliphatic rings. The minimum absolute atomic E-state index is 0.174. The second kappa shape index (κ2) is 6.93. The molecule has 0 atom stereocenters. The van der Waals surface area contributed by atoms with Crippen LogP contribution in [-0.2, 0) is 4.79 Å². The highest BCUT2D eigenvalue weighted by molar-refractivity contribution is 6.35. The van der Waals surface area contributed by atoms with E-state index in [1.807, 2.05) is 0 Å². The Bertz CT molecular complexity index is 714. The van der Waals surface area contributed by atoms with Crippen molar-refractivity contribution in [2.24, 2.45) is 0 Å². The van der Waals surface area contributed by atoms with Crippen LogP contribution in [0.3, 0.4) is 0 Å². The van der Waals surface area contributed by atoms with E-state index in [2.05, 4.69) is 10.3 Å². The zero-order valence-electron chi connectivity index (χ0n) is 10.6. The van der Waals surface area contributed by atoms with Crippen LogP contribution in [-0.4, -0.2) is 10.9 Å². The molecule has 0 aliphatic heterocycles. The van der Waals surface area contributed by atoms with Gasteiger partial charge in [0.05, 0.1) is 11.1 Å². The lowest BCUT2D eigenvalue weighted by atomic mass is 10.3. The summed E-state index contributed by atoms with van der Waals surface area (Å²) < 4.78 is 5.57. The Morgan fingerprint density at radius 2 is 2.19 bits per heavy atom. The van der Waals surface area contributed by atoms with Crippen LogP contribution in [0, 0.1) is 11.3 Å². The molecule has 0 aliphatic carbocycles. The van der Waals surface area contributed by atoms with Gasteiger partial charge >= 0.3 is 0 Å². The minimum Gasteiger partial charge on any atom is -0.435 e. The number of nitrogens with one attached hydrogen (secondary N) is 1. The summed E-state index contributed by atoms with van der Waals surface area (Å²) in [6.45, 7) is 0. The molecule has 21 heavy (non-hydrogen) atoms. The fraction of sp³-hybridized carbons (Fsp3) is 0.0714. The molecule has 2 rings (SSSR count). The number of nitriles is 1. The number of halogens is 2. The van der Waals surface area contributed by atoms with Gasteiger partial charge in [-0.25, -0.2) is 4.98 Å². The van der Waals surface area contributed by atoms with Crippen LogP contribution < -0.4 is 10.1 Å². The maximum Gasteiger partial charge on any atom is 0.243 e. The zero-order valence-corrected chi connectivity index (χ0v) is 12.1. The number of rotatable bonds is 4. The van der Waals surface area contributed by atoms with Crippen molar-refractivity contribution in [1.29, 1.82) is 5.26 Å². The van der Waals surface area contributed by atoms with Gasteiger partial charge in [0, 0.05) is 11.2 Å². The van der Waals surface area contributed by atoms with E-state index in [1.54, 1.807) is 30.3 Å². The average Bonchev–Trinajstić information content (AvgIpc) is 2.44. The molecular formula is C14H9Cl2N3O2. The number of pyridine rings is 1. The number of amides is 1. The molecule has 0 saturated heterocycles. The van der Waals surface area contributed by atoms with Gasteiger partial charge in [-0.2, -0.15) is 5.26 Å². The monoisotopic (exact) mass is 321 g/mol. The SMILES string of the molecule is N#CCC(=O)Nc1cccnc1Oc1ccc(Cl)cc1Cl. The quantitative estimate of drug-likeness (QED) is 0.922. The van der Waals surface area contributed by atoms with E-state index in [9.17, 15) is 4.79 Å². The summed E-state index contributed by atoms with van der Waals surface area (Å²) >= 11 is 11.8. The summed E-state index contributed by atoms with van der Waals surface area (Å²) in [5, 5.41) is 11.8. The van der Waals surface area contributed by atoms with E-state index in [0.717, 1.165) is 0 Å². The minimum atomic E-state index is -0.447. The third kappa shape index (κ3) is 4.09. The van der Waals surface area contributed by atoms with E-state index in [4.69, 9.17) is 33.2 Å². The molecular weight excluding hydrogens is 313 g/mol. The van der Waals surface area contributed by atoms with Crippen molar-refractivity contribution in [3.8, 4) is 17.7 Å². The third-order valence-corrected chi connectivity index (χ3v) is 2.92. The fourth-order valence-corrected chi connectivity index (χ4v) is 1.94. The van der Waals surface area contributed by atoms with Crippen LogP contribution in [0.1, 0.15) is 6.42 Å². The van der Waals surface area contributed by atoms with Gasteiger partial charge in [0.25, 0.3) is 0 Å². The Balaban J connectivity index is 2.24. The van der Waals surface area contributed by atoms with Crippen molar-refractivity contribution in [1.82, 2.24) is 4.98 Å². The second-order valence-corrected chi connectivity index (χ2v) is 4.76. The third-order valence-electron chi connectivity index (χ3n) is 2.39. The van der Waals surface area contributed by atoms with E-state index in [-0.39, 0.29) is 12.3 Å². The predicted molar refractivity (Wildman–Crippen MR) is 79.6 cm³/mol. The van der Waals surface area contributed by atoms with Crippen LogP contribution in [0.5, 0.6) is 11.6 Å². The molecule has 7 heteroatoms. The molecule has 0 spiro atoms. The largest absolute Gasteiger partial charge is 0.435 e. The number of nitrogens with zero attached hydrogens (tertiary/aromatic N) is 2. The summed E-state index contributed by atoms with van der Waals surface area (Å²) in [5.74, 6) is 0.0844. The average molecular weight is 322 g/mol. The van der Waals surface area contributed by atoms with Gasteiger partial charge in [-0.1, -0.05) is 23.2 Å². The van der Waals surface area contributed by atoms with Gasteiger partial charge in [0.1, 0.15) is 17.9 Å². The highest BCUT2D eigenvalue weighted by Gasteiger charge is 2.11. The molecule has 106 valence electrons. The van der Waals surface area contributed by atoms with Crippen molar-refractivity contribution in [2.45, 2.75) is 6.42 Å². The number of anilines is 1. The zero-order chi connectivity index (χ0) is 15.2. The number of carbonyl (C=O) groups is 1. The van der Waals surface area contributed by atoms with Gasteiger partial charge in [0.2, 0.25) is 11.8 Å². The molecule has 1 amide bonds. The van der Waals surface area contributed by atoms with Crippen molar-refractivity contribution in [3.63, 3.8) is 0 Å². The van der Waals surface area contributed by atoms with Gasteiger partial charge in [0.15, 0.2) is 0 Å². The van der Waals surface area contributed by atoms with Crippen LogP contribution >= 0.6 is 23.2 Å². The molecule has 1 N–H and O–H groups in total. The Kier molecular flexibility index (Phi) is 4.99. The van der Waals surface area contributed by atoms with E-state index >= 15 is 0 Å². The Hall–Kier alpha value is -2.29. The van der Waals surface area contributed by atoms with Crippen LogP contribution in [0.15, 0.2) is 36.5 Å². The van der Waals surface area contributed by atoms with Crippen LogP contribution in [0.4, 0.5) is 5.69 Å². The normalized spacial score (nSPS) is 9.76. The summed E-state index contributed by atoms with van der Waals surface area (Å²) in [5.41, 5.74) is 0.351. The lowest BCUT2D eigenvalue weighted by Gasteiger charge is -2.11. The van der Waals surface area contributed by atoms with Crippen LogP contribution in [0.25, 0.3) is 0 Å². The maximum absolute atomic E-state index is 11.5. The number of benzene rings is 1. The van der Waals surface area contributed by atoms with E-state index < -0.39 is 5.91 Å². The smallest absolute Gasteiger partial charge is 0.243 e. The first kappa shape index (κ1) is 15.1. The molecule has 0 bridgehead atoms.